The molecule has 0 bridgehead atoms. The van der Waals surface area contributed by atoms with Crippen molar-refractivity contribution in [3.8, 4) is 0 Å². The van der Waals surface area contributed by atoms with Gasteiger partial charge in [-0.25, -0.2) is 4.79 Å². The Hall–Kier alpha value is -1.84. The summed E-state index contributed by atoms with van der Waals surface area (Å²) in [4.78, 5) is 20.9. The first-order valence-electron chi connectivity index (χ1n) is 3.23. The van der Waals surface area contributed by atoms with Crippen LogP contribution in [0.4, 0.5) is 5.69 Å². The second kappa shape index (κ2) is 3.04. The Kier molecular flexibility index (Phi) is 2.09. The maximum Gasteiger partial charge on any atom is 0.336 e. The van der Waals surface area contributed by atoms with E-state index in [1.807, 2.05) is 0 Å². The molecule has 1 rings (SSSR count). The number of hydrogen-bond donors (Lipinski definition) is 2. The summed E-state index contributed by atoms with van der Waals surface area (Å²) in [6.45, 7) is 0. The van der Waals surface area contributed by atoms with Gasteiger partial charge in [0.1, 0.15) is 0 Å². The molecular formula is C8H7NO3. The van der Waals surface area contributed by atoms with Crippen molar-refractivity contribution in [2.45, 2.75) is 0 Å². The van der Waals surface area contributed by atoms with Crippen molar-refractivity contribution < 1.29 is 14.7 Å². The molecule has 0 saturated carbocycles. The van der Waals surface area contributed by atoms with E-state index in [4.69, 9.17) is 10.8 Å². The predicted molar refractivity (Wildman–Crippen MR) is 43.2 cm³/mol. The van der Waals surface area contributed by atoms with Crippen molar-refractivity contribution in [3.05, 3.63) is 29.3 Å². The van der Waals surface area contributed by atoms with Gasteiger partial charge in [0, 0.05) is 11.3 Å². The van der Waals surface area contributed by atoms with Gasteiger partial charge in [0.2, 0.25) is 0 Å². The number of aldehydes is 1. The first kappa shape index (κ1) is 8.26. The minimum absolute atomic E-state index is 0.0648. The lowest BCUT2D eigenvalue weighted by Crippen LogP contribution is -2.02. The SMILES string of the molecule is Nc1ccc(C=O)c(C(=O)O)c1. The molecule has 4 heteroatoms. The lowest BCUT2D eigenvalue weighted by Gasteiger charge is -1.99. The van der Waals surface area contributed by atoms with Gasteiger partial charge in [-0.15, -0.1) is 0 Å². The first-order chi connectivity index (χ1) is 5.65. The zero-order valence-corrected chi connectivity index (χ0v) is 6.15. The highest BCUT2D eigenvalue weighted by Gasteiger charge is 2.08. The Labute approximate surface area is 68.6 Å². The minimum Gasteiger partial charge on any atom is -0.478 e. The van der Waals surface area contributed by atoms with Crippen LogP contribution in [-0.2, 0) is 0 Å². The molecule has 0 fully saturated rings. The number of nitrogen functional groups attached to an aromatic ring is 1. The van der Waals surface area contributed by atoms with Crippen LogP contribution >= 0.6 is 0 Å². The van der Waals surface area contributed by atoms with E-state index >= 15 is 0 Å². The summed E-state index contributed by atoms with van der Waals surface area (Å²) < 4.78 is 0. The van der Waals surface area contributed by atoms with Gasteiger partial charge in [0.15, 0.2) is 6.29 Å². The average molecular weight is 165 g/mol. The maximum atomic E-state index is 10.5. The number of hydrogen-bond acceptors (Lipinski definition) is 3. The Morgan fingerprint density at radius 3 is 2.67 bits per heavy atom. The van der Waals surface area contributed by atoms with Crippen molar-refractivity contribution in [3.63, 3.8) is 0 Å². The lowest BCUT2D eigenvalue weighted by molar-refractivity contribution is 0.0694. The van der Waals surface area contributed by atoms with Crippen LogP contribution in [0.25, 0.3) is 0 Å². The molecule has 1 aromatic rings. The van der Waals surface area contributed by atoms with Crippen molar-refractivity contribution in [1.29, 1.82) is 0 Å². The number of anilines is 1. The van der Waals surface area contributed by atoms with Crippen LogP contribution in [0.5, 0.6) is 0 Å². The van der Waals surface area contributed by atoms with Crippen LogP contribution in [0.15, 0.2) is 18.2 Å². The molecule has 12 heavy (non-hydrogen) atoms. The molecule has 1 aromatic carbocycles. The molecule has 0 spiro atoms. The third-order valence-electron chi connectivity index (χ3n) is 1.43. The highest BCUT2D eigenvalue weighted by atomic mass is 16.4. The van der Waals surface area contributed by atoms with E-state index in [9.17, 15) is 9.59 Å². The second-order valence-corrected chi connectivity index (χ2v) is 2.27. The van der Waals surface area contributed by atoms with E-state index in [0.29, 0.717) is 12.0 Å². The molecule has 0 aliphatic rings. The fourth-order valence-corrected chi connectivity index (χ4v) is 0.862. The van der Waals surface area contributed by atoms with Crippen molar-refractivity contribution >= 4 is 17.9 Å². The van der Waals surface area contributed by atoms with E-state index in [-0.39, 0.29) is 11.1 Å². The number of aromatic carboxylic acids is 1. The minimum atomic E-state index is -1.15. The Bertz CT molecular complexity index is 333. The van der Waals surface area contributed by atoms with Crippen LogP contribution in [0.2, 0.25) is 0 Å². The lowest BCUT2D eigenvalue weighted by atomic mass is 10.1. The summed E-state index contributed by atoms with van der Waals surface area (Å²) in [5, 5.41) is 8.61. The fraction of sp³-hybridized carbons (Fsp3) is 0. The molecule has 4 nitrogen and oxygen atoms in total. The highest BCUT2D eigenvalue weighted by molar-refractivity contribution is 5.98. The molecule has 0 saturated heterocycles. The van der Waals surface area contributed by atoms with Crippen LogP contribution in [0.3, 0.4) is 0 Å². The standard InChI is InChI=1S/C8H7NO3/c9-6-2-1-5(4-10)7(3-6)8(11)12/h1-4H,9H2,(H,11,12). The summed E-state index contributed by atoms with van der Waals surface area (Å²) in [6, 6.07) is 4.12. The van der Waals surface area contributed by atoms with Crippen LogP contribution in [-0.4, -0.2) is 17.4 Å². The third-order valence-corrected chi connectivity index (χ3v) is 1.43. The number of benzene rings is 1. The fourth-order valence-electron chi connectivity index (χ4n) is 0.862. The summed E-state index contributed by atoms with van der Waals surface area (Å²) >= 11 is 0. The van der Waals surface area contributed by atoms with Crippen molar-refractivity contribution in [2.75, 3.05) is 5.73 Å². The summed E-state index contributed by atoms with van der Waals surface area (Å²) in [5.41, 5.74) is 5.74. The normalized spacial score (nSPS) is 9.33. The molecule has 0 amide bonds. The van der Waals surface area contributed by atoms with Crippen LogP contribution in [0.1, 0.15) is 20.7 Å². The molecule has 0 aliphatic heterocycles. The van der Waals surface area contributed by atoms with Gasteiger partial charge in [-0.1, -0.05) is 0 Å². The summed E-state index contributed by atoms with van der Waals surface area (Å²) in [5.74, 6) is -1.15. The van der Waals surface area contributed by atoms with Gasteiger partial charge in [-0.3, -0.25) is 4.79 Å². The van der Waals surface area contributed by atoms with Gasteiger partial charge in [0.25, 0.3) is 0 Å². The summed E-state index contributed by atoms with van der Waals surface area (Å²) in [7, 11) is 0. The summed E-state index contributed by atoms with van der Waals surface area (Å²) in [6.07, 6.45) is 0.489. The van der Waals surface area contributed by atoms with Crippen LogP contribution in [0, 0.1) is 0 Å². The zero-order chi connectivity index (χ0) is 9.14. The Morgan fingerprint density at radius 2 is 2.17 bits per heavy atom. The third kappa shape index (κ3) is 1.42. The first-order valence-corrected chi connectivity index (χ1v) is 3.23. The quantitative estimate of drug-likeness (QED) is 0.501. The number of carboxylic acid groups (broad SMARTS) is 1. The predicted octanol–water partition coefficient (Wildman–Crippen LogP) is 0.780. The van der Waals surface area contributed by atoms with E-state index < -0.39 is 5.97 Å². The molecule has 0 atom stereocenters. The van der Waals surface area contributed by atoms with Crippen molar-refractivity contribution in [2.24, 2.45) is 0 Å². The average Bonchev–Trinajstić information content (AvgIpc) is 2.04. The molecule has 0 heterocycles. The van der Waals surface area contributed by atoms with Gasteiger partial charge in [-0.05, 0) is 18.2 Å². The zero-order valence-electron chi connectivity index (χ0n) is 6.15. The van der Waals surface area contributed by atoms with E-state index in [1.165, 1.54) is 18.2 Å². The van der Waals surface area contributed by atoms with E-state index in [2.05, 4.69) is 0 Å². The van der Waals surface area contributed by atoms with Crippen molar-refractivity contribution in [1.82, 2.24) is 0 Å². The maximum absolute atomic E-state index is 10.5. The molecule has 0 aromatic heterocycles. The van der Waals surface area contributed by atoms with Gasteiger partial charge >= 0.3 is 5.97 Å². The number of carbonyl (C=O) groups excluding carboxylic acids is 1. The second-order valence-electron chi connectivity index (χ2n) is 2.27. The van der Waals surface area contributed by atoms with Crippen LogP contribution < -0.4 is 5.73 Å². The number of carboxylic acids is 1. The Balaban J connectivity index is 3.30. The Morgan fingerprint density at radius 1 is 1.50 bits per heavy atom. The number of rotatable bonds is 2. The van der Waals surface area contributed by atoms with Gasteiger partial charge in [0.05, 0.1) is 5.56 Å². The smallest absolute Gasteiger partial charge is 0.336 e. The molecule has 0 aliphatic carbocycles. The molecular weight excluding hydrogens is 158 g/mol. The van der Waals surface area contributed by atoms with Gasteiger partial charge < -0.3 is 10.8 Å². The molecule has 62 valence electrons. The van der Waals surface area contributed by atoms with E-state index in [0.717, 1.165) is 0 Å². The molecule has 0 unspecified atom stereocenters. The number of nitrogens with two attached hydrogens (primary N) is 1. The molecule has 3 N–H and O–H groups in total. The van der Waals surface area contributed by atoms with Gasteiger partial charge in [-0.2, -0.15) is 0 Å². The highest BCUT2D eigenvalue weighted by Crippen LogP contribution is 2.11. The monoisotopic (exact) mass is 165 g/mol. The number of carbonyl (C=O) groups is 2. The van der Waals surface area contributed by atoms with E-state index in [1.54, 1.807) is 0 Å². The molecule has 0 radical (unpaired) electrons. The largest absolute Gasteiger partial charge is 0.478 e. The topological polar surface area (TPSA) is 80.4 Å².